The van der Waals surface area contributed by atoms with Crippen molar-refractivity contribution < 1.29 is 4.74 Å². The topological polar surface area (TPSA) is 78.9 Å². The van der Waals surface area contributed by atoms with Gasteiger partial charge in [0.25, 0.3) is 0 Å². The van der Waals surface area contributed by atoms with E-state index in [0.717, 1.165) is 0 Å². The van der Waals surface area contributed by atoms with E-state index in [4.69, 9.17) is 65.4 Å². The molecule has 136 valence electrons. The number of nitrogens with zero attached hydrogens (tertiary/aromatic N) is 4. The average Bonchev–Trinajstić information content (AvgIpc) is 3.17. The van der Waals surface area contributed by atoms with E-state index in [1.165, 1.54) is 12.6 Å². The Morgan fingerprint density at radius 2 is 1.87 bits per heavy atom. The number of ether oxygens (including phenoxy) is 1. The summed E-state index contributed by atoms with van der Waals surface area (Å²) >= 11 is 0. The molecule has 30 heavy (non-hydrogen) atoms. The lowest BCUT2D eigenvalue weighted by atomic mass is 9.26. The SMILES string of the molecule is [B]C1C([B])([B])C(Cn2cc(-c3ncnc(N)c3/C=C/OCC)cn2)C([B])([B])C1([B])[B]. The van der Waals surface area contributed by atoms with E-state index in [1.807, 2.05) is 6.92 Å². The predicted octanol–water partition coefficient (Wildman–Crippen LogP) is -0.124. The molecule has 0 amide bonds. The number of rotatable bonds is 6. The summed E-state index contributed by atoms with van der Waals surface area (Å²) in [7, 11) is 43.1. The highest BCUT2D eigenvalue weighted by atomic mass is 16.5. The smallest absolute Gasteiger partial charge is 0.134 e. The second-order valence-corrected chi connectivity index (χ2v) is 7.63. The fraction of sp³-hybridized carbons (Fsp3) is 0.471. The molecular weight excluding hydrogens is 366 g/mol. The summed E-state index contributed by atoms with van der Waals surface area (Å²) in [4.78, 5) is 8.34. The number of hydrogen-bond acceptors (Lipinski definition) is 5. The quantitative estimate of drug-likeness (QED) is 0.557. The summed E-state index contributed by atoms with van der Waals surface area (Å²) in [5.41, 5.74) is 7.84. The van der Waals surface area contributed by atoms with Crippen molar-refractivity contribution in [1.29, 1.82) is 0 Å². The van der Waals surface area contributed by atoms with Crippen LogP contribution >= 0.6 is 0 Å². The highest BCUT2D eigenvalue weighted by Gasteiger charge is 2.58. The Morgan fingerprint density at radius 1 is 1.17 bits per heavy atom. The van der Waals surface area contributed by atoms with Crippen LogP contribution in [0.4, 0.5) is 5.82 Å². The Labute approximate surface area is 186 Å². The van der Waals surface area contributed by atoms with Gasteiger partial charge in [-0.2, -0.15) is 5.10 Å². The maximum atomic E-state index is 6.23. The van der Waals surface area contributed by atoms with Gasteiger partial charge in [0.1, 0.15) is 12.1 Å². The first-order chi connectivity index (χ1) is 13.9. The Kier molecular flexibility index (Phi) is 6.05. The summed E-state index contributed by atoms with van der Waals surface area (Å²) in [6.07, 6.45) is 7.91. The van der Waals surface area contributed by atoms with Crippen molar-refractivity contribution in [3.05, 3.63) is 30.5 Å². The lowest BCUT2D eigenvalue weighted by Gasteiger charge is -2.44. The van der Waals surface area contributed by atoms with Gasteiger partial charge in [0.2, 0.25) is 0 Å². The highest BCUT2D eigenvalue weighted by molar-refractivity contribution is 6.61. The largest absolute Gasteiger partial charge is 0.501 e. The van der Waals surface area contributed by atoms with E-state index in [0.29, 0.717) is 29.2 Å². The van der Waals surface area contributed by atoms with Crippen molar-refractivity contribution in [1.82, 2.24) is 19.7 Å². The van der Waals surface area contributed by atoms with Crippen LogP contribution in [0.25, 0.3) is 17.3 Å². The van der Waals surface area contributed by atoms with Crippen LogP contribution in [0.2, 0.25) is 21.5 Å². The van der Waals surface area contributed by atoms with Crippen molar-refractivity contribution in [2.75, 3.05) is 12.3 Å². The van der Waals surface area contributed by atoms with Crippen LogP contribution in [0, 0.1) is 5.92 Å². The minimum atomic E-state index is -1.67. The summed E-state index contributed by atoms with van der Waals surface area (Å²) in [5, 5.41) is -0.471. The van der Waals surface area contributed by atoms with Gasteiger partial charge in [0, 0.05) is 23.9 Å². The minimum absolute atomic E-state index is 0.133. The molecule has 2 atom stereocenters. The van der Waals surface area contributed by atoms with Gasteiger partial charge in [-0.1, -0.05) is 5.82 Å². The highest BCUT2D eigenvalue weighted by Crippen LogP contribution is 2.73. The lowest BCUT2D eigenvalue weighted by Crippen LogP contribution is -2.36. The first-order valence-electron chi connectivity index (χ1n) is 9.34. The van der Waals surface area contributed by atoms with Crippen molar-refractivity contribution in [3.8, 4) is 11.3 Å². The van der Waals surface area contributed by atoms with Crippen LogP contribution in [0.1, 0.15) is 12.5 Å². The number of nitrogens with two attached hydrogens (primary N) is 1. The van der Waals surface area contributed by atoms with Gasteiger partial charge in [0.05, 0.1) is 79.7 Å². The predicted molar refractivity (Wildman–Crippen MR) is 124 cm³/mol. The molecule has 0 saturated heterocycles. The molecule has 0 aliphatic heterocycles. The monoisotopic (exact) mass is 383 g/mol. The number of anilines is 1. The van der Waals surface area contributed by atoms with Crippen LogP contribution in [0.3, 0.4) is 0 Å². The molecule has 14 radical (unpaired) electrons. The van der Waals surface area contributed by atoms with E-state index in [-0.39, 0.29) is 6.54 Å². The van der Waals surface area contributed by atoms with Gasteiger partial charge in [-0.25, -0.2) is 9.97 Å². The molecule has 6 nitrogen and oxygen atoms in total. The second-order valence-electron chi connectivity index (χ2n) is 7.63. The summed E-state index contributed by atoms with van der Waals surface area (Å²) in [6, 6.07) is 0. The third-order valence-corrected chi connectivity index (χ3v) is 5.67. The first kappa shape index (κ1) is 22.8. The molecule has 1 aliphatic carbocycles. The van der Waals surface area contributed by atoms with Crippen LogP contribution in [0.15, 0.2) is 25.0 Å². The van der Waals surface area contributed by atoms with Crippen molar-refractivity contribution >= 4 is 66.8 Å². The molecule has 0 spiro atoms. The van der Waals surface area contributed by atoms with Crippen LogP contribution in [-0.4, -0.2) is 81.3 Å². The second kappa shape index (κ2) is 7.97. The molecule has 2 aromatic heterocycles. The molecular formula is C17H16B7N5O. The maximum Gasteiger partial charge on any atom is 0.134 e. The fourth-order valence-corrected chi connectivity index (χ4v) is 3.71. The average molecular weight is 382 g/mol. The van der Waals surface area contributed by atoms with Gasteiger partial charge in [-0.3, -0.25) is 4.68 Å². The lowest BCUT2D eigenvalue weighted by molar-refractivity contribution is 0.272. The summed E-state index contributed by atoms with van der Waals surface area (Å²) in [6.45, 7) is 2.52. The Hall–Kier alpha value is -1.92. The molecule has 1 fully saturated rings. The van der Waals surface area contributed by atoms with Crippen molar-refractivity contribution in [3.63, 3.8) is 0 Å². The molecule has 1 aliphatic rings. The molecule has 3 rings (SSSR count). The van der Waals surface area contributed by atoms with E-state index in [1.54, 1.807) is 23.2 Å². The van der Waals surface area contributed by atoms with E-state index >= 15 is 0 Å². The molecule has 0 aromatic carbocycles. The molecule has 0 bridgehead atoms. The zero-order valence-electron chi connectivity index (χ0n) is 16.8. The third-order valence-electron chi connectivity index (χ3n) is 5.67. The molecule has 1 saturated carbocycles. The fourth-order valence-electron chi connectivity index (χ4n) is 3.71. The Bertz CT molecular complexity index is 946. The Morgan fingerprint density at radius 3 is 2.47 bits per heavy atom. The van der Waals surface area contributed by atoms with E-state index in [2.05, 4.69) is 15.1 Å². The first-order valence-corrected chi connectivity index (χ1v) is 9.34. The van der Waals surface area contributed by atoms with Crippen molar-refractivity contribution in [2.24, 2.45) is 5.92 Å². The third kappa shape index (κ3) is 3.65. The van der Waals surface area contributed by atoms with Crippen LogP contribution < -0.4 is 5.73 Å². The van der Waals surface area contributed by atoms with E-state index < -0.39 is 27.4 Å². The van der Waals surface area contributed by atoms with Crippen molar-refractivity contribution in [2.45, 2.75) is 34.9 Å². The standard InChI is InChI=1S/C17H16B7N5O/c1-2-30-4-3-10-12(26-8-27-13(10)25)9-5-28-29(6-9)7-11-15(19,20)14(18)17(23,24)16(11,21)22/h3-6,8,11,14H,2,7H2,1H3,(H2,25,26,27)/b4-3+. The normalized spacial score (nSPS) is 24.2. The molecule has 2 N–H and O–H groups in total. The summed E-state index contributed by atoms with van der Waals surface area (Å²) < 4.78 is 6.82. The van der Waals surface area contributed by atoms with Gasteiger partial charge in [-0.15, -0.1) is 15.6 Å². The molecule has 2 heterocycles. The Balaban J connectivity index is 1.93. The molecule has 13 heteroatoms. The summed E-state index contributed by atoms with van der Waals surface area (Å²) in [5.74, 6) is -1.50. The zero-order valence-corrected chi connectivity index (χ0v) is 16.8. The zero-order chi connectivity index (χ0) is 22.3. The van der Waals surface area contributed by atoms with Gasteiger partial charge >= 0.3 is 0 Å². The maximum absolute atomic E-state index is 6.23. The minimum Gasteiger partial charge on any atom is -0.501 e. The molecule has 2 unspecified atom stereocenters. The van der Waals surface area contributed by atoms with E-state index in [9.17, 15) is 0 Å². The number of nitrogen functional groups attached to an aromatic ring is 1. The number of aromatic nitrogens is 4. The molecule has 2 aromatic rings. The van der Waals surface area contributed by atoms with Gasteiger partial charge in [0.15, 0.2) is 0 Å². The number of hydrogen-bond donors (Lipinski definition) is 1. The van der Waals surface area contributed by atoms with Crippen LogP contribution in [0.5, 0.6) is 0 Å². The van der Waals surface area contributed by atoms with Gasteiger partial charge < -0.3 is 10.5 Å². The van der Waals surface area contributed by atoms with Gasteiger partial charge in [-0.05, 0) is 18.9 Å². The van der Waals surface area contributed by atoms with Crippen LogP contribution in [-0.2, 0) is 11.3 Å².